The fourth-order valence-corrected chi connectivity index (χ4v) is 2.14. The molecular weight excluding hydrogens is 164 g/mol. The third-order valence-electron chi connectivity index (χ3n) is 2.88. The second-order valence-electron chi connectivity index (χ2n) is 3.99. The fraction of sp³-hybridized carbons (Fsp3) is 1.00. The summed E-state index contributed by atoms with van der Waals surface area (Å²) in [6, 6.07) is 0. The van der Waals surface area contributed by atoms with Crippen LogP contribution >= 0.6 is 0 Å². The summed E-state index contributed by atoms with van der Waals surface area (Å²) in [5.74, 6) is 0.477. The van der Waals surface area contributed by atoms with E-state index in [1.807, 2.05) is 0 Å². The molecule has 0 saturated carbocycles. The number of hydrogen-bond acceptors (Lipinski definition) is 3. The highest BCUT2D eigenvalue weighted by molar-refractivity contribution is 4.79. The minimum Gasteiger partial charge on any atom is -0.393 e. The number of piperidine rings is 1. The Kier molecular flexibility index (Phi) is 4.70. The zero-order chi connectivity index (χ0) is 9.68. The predicted molar refractivity (Wildman–Crippen MR) is 54.5 cm³/mol. The van der Waals surface area contributed by atoms with Crippen molar-refractivity contribution in [1.82, 2.24) is 4.90 Å². The molecule has 0 aromatic carbocycles. The van der Waals surface area contributed by atoms with E-state index < -0.39 is 0 Å². The summed E-state index contributed by atoms with van der Waals surface area (Å²) in [6.45, 7) is 5.93. The lowest BCUT2D eigenvalue weighted by molar-refractivity contribution is 0.0239. The maximum atomic E-state index is 9.73. The Balaban J connectivity index is 2.33. The van der Waals surface area contributed by atoms with E-state index in [1.54, 1.807) is 0 Å². The molecule has 3 heteroatoms. The second-order valence-corrected chi connectivity index (χ2v) is 3.99. The molecule has 1 aliphatic rings. The Morgan fingerprint density at radius 3 is 2.92 bits per heavy atom. The van der Waals surface area contributed by atoms with Crippen molar-refractivity contribution in [3.8, 4) is 0 Å². The summed E-state index contributed by atoms with van der Waals surface area (Å²) in [6.07, 6.45) is 3.15. The Hall–Kier alpha value is -0.120. The van der Waals surface area contributed by atoms with E-state index in [4.69, 9.17) is 5.73 Å². The van der Waals surface area contributed by atoms with Gasteiger partial charge in [0, 0.05) is 26.2 Å². The van der Waals surface area contributed by atoms with Crippen LogP contribution in [0.4, 0.5) is 0 Å². The van der Waals surface area contributed by atoms with Gasteiger partial charge in [-0.05, 0) is 18.8 Å². The number of hydrogen-bond donors (Lipinski definition) is 2. The lowest BCUT2D eigenvalue weighted by Gasteiger charge is -2.35. The number of rotatable bonds is 4. The van der Waals surface area contributed by atoms with Crippen LogP contribution in [-0.4, -0.2) is 42.3 Å². The highest BCUT2D eigenvalue weighted by Crippen LogP contribution is 2.20. The van der Waals surface area contributed by atoms with Crippen molar-refractivity contribution in [2.75, 3.05) is 26.2 Å². The van der Waals surface area contributed by atoms with Gasteiger partial charge in [-0.1, -0.05) is 13.3 Å². The Bertz CT molecular complexity index is 141. The van der Waals surface area contributed by atoms with Crippen molar-refractivity contribution in [2.24, 2.45) is 11.7 Å². The van der Waals surface area contributed by atoms with E-state index >= 15 is 0 Å². The predicted octanol–water partition coefficient (Wildman–Crippen LogP) is 0.428. The summed E-state index contributed by atoms with van der Waals surface area (Å²) in [7, 11) is 0. The van der Waals surface area contributed by atoms with Crippen molar-refractivity contribution < 1.29 is 5.11 Å². The SMILES string of the molecule is CCC[C@H]1CN(CCN)CC[C@H]1O. The highest BCUT2D eigenvalue weighted by atomic mass is 16.3. The first kappa shape index (κ1) is 11.0. The van der Waals surface area contributed by atoms with Crippen LogP contribution in [-0.2, 0) is 0 Å². The van der Waals surface area contributed by atoms with Crippen LogP contribution in [0.3, 0.4) is 0 Å². The molecule has 3 nitrogen and oxygen atoms in total. The molecule has 1 saturated heterocycles. The van der Waals surface area contributed by atoms with Crippen molar-refractivity contribution in [2.45, 2.75) is 32.3 Å². The molecule has 1 aliphatic heterocycles. The van der Waals surface area contributed by atoms with E-state index in [0.29, 0.717) is 5.92 Å². The minimum absolute atomic E-state index is 0.0750. The smallest absolute Gasteiger partial charge is 0.0592 e. The molecule has 0 radical (unpaired) electrons. The molecule has 13 heavy (non-hydrogen) atoms. The van der Waals surface area contributed by atoms with E-state index in [0.717, 1.165) is 45.4 Å². The molecule has 0 amide bonds. The maximum absolute atomic E-state index is 9.73. The van der Waals surface area contributed by atoms with Crippen LogP contribution in [0.2, 0.25) is 0 Å². The third-order valence-corrected chi connectivity index (χ3v) is 2.88. The lowest BCUT2D eigenvalue weighted by Crippen LogP contribution is -2.44. The number of likely N-dealkylation sites (tertiary alicyclic amines) is 1. The zero-order valence-corrected chi connectivity index (χ0v) is 8.58. The quantitative estimate of drug-likeness (QED) is 0.669. The summed E-state index contributed by atoms with van der Waals surface area (Å²) in [5.41, 5.74) is 5.51. The van der Waals surface area contributed by atoms with Gasteiger partial charge in [-0.3, -0.25) is 0 Å². The molecular formula is C10H22N2O. The molecule has 0 unspecified atom stereocenters. The first-order chi connectivity index (χ1) is 6.27. The van der Waals surface area contributed by atoms with Gasteiger partial charge in [0.15, 0.2) is 0 Å². The Morgan fingerprint density at radius 2 is 2.31 bits per heavy atom. The van der Waals surface area contributed by atoms with Crippen molar-refractivity contribution in [1.29, 1.82) is 0 Å². The highest BCUT2D eigenvalue weighted by Gasteiger charge is 2.26. The molecule has 0 aromatic rings. The third kappa shape index (κ3) is 3.25. The number of aliphatic hydroxyl groups is 1. The number of nitrogens with zero attached hydrogens (tertiary/aromatic N) is 1. The molecule has 0 spiro atoms. The molecule has 3 N–H and O–H groups in total. The second kappa shape index (κ2) is 5.58. The summed E-state index contributed by atoms with van der Waals surface area (Å²) < 4.78 is 0. The van der Waals surface area contributed by atoms with E-state index in [1.165, 1.54) is 0 Å². The topological polar surface area (TPSA) is 49.5 Å². The van der Waals surface area contributed by atoms with E-state index in [-0.39, 0.29) is 6.10 Å². The van der Waals surface area contributed by atoms with Crippen LogP contribution < -0.4 is 5.73 Å². The lowest BCUT2D eigenvalue weighted by atomic mass is 9.91. The van der Waals surface area contributed by atoms with Gasteiger partial charge in [0.25, 0.3) is 0 Å². The van der Waals surface area contributed by atoms with Crippen molar-refractivity contribution in [3.63, 3.8) is 0 Å². The minimum atomic E-state index is -0.0750. The normalized spacial score (nSPS) is 30.7. The molecule has 0 aromatic heterocycles. The largest absolute Gasteiger partial charge is 0.393 e. The van der Waals surface area contributed by atoms with Gasteiger partial charge in [0.1, 0.15) is 0 Å². The molecule has 0 bridgehead atoms. The van der Waals surface area contributed by atoms with Gasteiger partial charge in [-0.15, -0.1) is 0 Å². The molecule has 1 rings (SSSR count). The number of nitrogens with two attached hydrogens (primary N) is 1. The molecule has 1 heterocycles. The maximum Gasteiger partial charge on any atom is 0.0592 e. The average Bonchev–Trinajstić information content (AvgIpc) is 2.12. The molecule has 78 valence electrons. The van der Waals surface area contributed by atoms with Gasteiger partial charge in [-0.2, -0.15) is 0 Å². The summed E-state index contributed by atoms with van der Waals surface area (Å²) >= 11 is 0. The molecule has 0 aliphatic carbocycles. The fourth-order valence-electron chi connectivity index (χ4n) is 2.14. The summed E-state index contributed by atoms with van der Waals surface area (Å²) in [5, 5.41) is 9.73. The van der Waals surface area contributed by atoms with Crippen molar-refractivity contribution in [3.05, 3.63) is 0 Å². The van der Waals surface area contributed by atoms with Gasteiger partial charge >= 0.3 is 0 Å². The first-order valence-corrected chi connectivity index (χ1v) is 5.38. The van der Waals surface area contributed by atoms with Gasteiger partial charge < -0.3 is 15.7 Å². The zero-order valence-electron chi connectivity index (χ0n) is 8.58. The van der Waals surface area contributed by atoms with Crippen LogP contribution in [0.25, 0.3) is 0 Å². The molecule has 1 fully saturated rings. The van der Waals surface area contributed by atoms with E-state index in [2.05, 4.69) is 11.8 Å². The van der Waals surface area contributed by atoms with Crippen LogP contribution in [0.1, 0.15) is 26.2 Å². The van der Waals surface area contributed by atoms with Crippen molar-refractivity contribution >= 4 is 0 Å². The van der Waals surface area contributed by atoms with Gasteiger partial charge in [-0.25, -0.2) is 0 Å². The van der Waals surface area contributed by atoms with Crippen LogP contribution in [0.5, 0.6) is 0 Å². The van der Waals surface area contributed by atoms with Crippen LogP contribution in [0.15, 0.2) is 0 Å². The Labute approximate surface area is 80.9 Å². The first-order valence-electron chi connectivity index (χ1n) is 5.38. The standard InChI is InChI=1S/C10H22N2O/c1-2-3-9-8-12(7-5-11)6-4-10(9)13/h9-10,13H,2-8,11H2,1H3/t9-,10+/m0/s1. The Morgan fingerprint density at radius 1 is 1.54 bits per heavy atom. The van der Waals surface area contributed by atoms with E-state index in [9.17, 15) is 5.11 Å². The molecule has 2 atom stereocenters. The number of aliphatic hydroxyl groups excluding tert-OH is 1. The van der Waals surface area contributed by atoms with Crippen LogP contribution in [0, 0.1) is 5.92 Å². The monoisotopic (exact) mass is 186 g/mol. The average molecular weight is 186 g/mol. The van der Waals surface area contributed by atoms with Gasteiger partial charge in [0.05, 0.1) is 6.10 Å². The van der Waals surface area contributed by atoms with Gasteiger partial charge in [0.2, 0.25) is 0 Å². The summed E-state index contributed by atoms with van der Waals surface area (Å²) in [4.78, 5) is 2.37.